The summed E-state index contributed by atoms with van der Waals surface area (Å²) in [7, 11) is 0. The van der Waals surface area contributed by atoms with Crippen molar-refractivity contribution in [1.29, 1.82) is 5.26 Å². The van der Waals surface area contributed by atoms with Crippen molar-refractivity contribution in [1.82, 2.24) is 4.98 Å². The third kappa shape index (κ3) is 4.81. The number of aromatic nitrogens is 1. The van der Waals surface area contributed by atoms with E-state index in [9.17, 15) is 0 Å². The molecule has 108 valence electrons. The van der Waals surface area contributed by atoms with Crippen LogP contribution in [0.25, 0.3) is 0 Å². The zero-order chi connectivity index (χ0) is 14.9. The highest BCUT2D eigenvalue weighted by molar-refractivity contribution is 5.37. The molecule has 21 heavy (non-hydrogen) atoms. The molecule has 0 unspecified atom stereocenters. The van der Waals surface area contributed by atoms with Crippen molar-refractivity contribution >= 4 is 5.82 Å². The topological polar surface area (TPSA) is 57.9 Å². The number of rotatable bonds is 7. The van der Waals surface area contributed by atoms with Gasteiger partial charge in [-0.15, -0.1) is 0 Å². The fraction of sp³-hybridized carbons (Fsp3) is 0.294. The van der Waals surface area contributed by atoms with E-state index in [-0.39, 0.29) is 0 Å². The molecule has 2 aromatic rings. The normalized spacial score (nSPS) is 9.90. The molecule has 2 rings (SSSR count). The van der Waals surface area contributed by atoms with Crippen molar-refractivity contribution in [3.63, 3.8) is 0 Å². The molecule has 0 bridgehead atoms. The third-order valence-electron chi connectivity index (χ3n) is 2.99. The summed E-state index contributed by atoms with van der Waals surface area (Å²) in [6.07, 6.45) is 3.28. The Hall–Kier alpha value is -2.54. The number of hydrogen-bond acceptors (Lipinski definition) is 4. The van der Waals surface area contributed by atoms with Gasteiger partial charge >= 0.3 is 0 Å². The van der Waals surface area contributed by atoms with E-state index in [4.69, 9.17) is 10.00 Å². The minimum Gasteiger partial charge on any atom is -0.489 e. The van der Waals surface area contributed by atoms with Gasteiger partial charge in [0.15, 0.2) is 0 Å². The van der Waals surface area contributed by atoms with E-state index in [0.29, 0.717) is 13.0 Å². The summed E-state index contributed by atoms with van der Waals surface area (Å²) in [6, 6.07) is 13.7. The lowest BCUT2D eigenvalue weighted by atomic mass is 10.2. The molecule has 1 aromatic heterocycles. The first-order valence-corrected chi connectivity index (χ1v) is 7.09. The molecule has 0 spiro atoms. The van der Waals surface area contributed by atoms with Crippen LogP contribution >= 0.6 is 0 Å². The number of ether oxygens (including phenoxy) is 1. The Morgan fingerprint density at radius 1 is 1.19 bits per heavy atom. The summed E-state index contributed by atoms with van der Waals surface area (Å²) >= 11 is 0. The molecule has 1 aromatic carbocycles. The van der Waals surface area contributed by atoms with E-state index < -0.39 is 0 Å². The molecule has 0 aliphatic heterocycles. The Morgan fingerprint density at radius 2 is 2.00 bits per heavy atom. The smallest absolute Gasteiger partial charge is 0.126 e. The van der Waals surface area contributed by atoms with E-state index in [1.807, 2.05) is 36.4 Å². The second-order valence-electron chi connectivity index (χ2n) is 4.74. The van der Waals surface area contributed by atoms with Crippen LogP contribution in [0.1, 0.15) is 24.5 Å². The van der Waals surface area contributed by atoms with Gasteiger partial charge in [0.05, 0.1) is 12.5 Å². The van der Waals surface area contributed by atoms with Gasteiger partial charge in [-0.25, -0.2) is 4.98 Å². The van der Waals surface area contributed by atoms with Crippen LogP contribution in [-0.4, -0.2) is 11.5 Å². The maximum Gasteiger partial charge on any atom is 0.126 e. The van der Waals surface area contributed by atoms with Gasteiger partial charge in [0.2, 0.25) is 0 Å². The van der Waals surface area contributed by atoms with Crippen LogP contribution in [0.3, 0.4) is 0 Å². The largest absolute Gasteiger partial charge is 0.489 e. The van der Waals surface area contributed by atoms with Crippen molar-refractivity contribution in [2.75, 3.05) is 11.9 Å². The second-order valence-corrected chi connectivity index (χ2v) is 4.74. The Labute approximate surface area is 125 Å². The summed E-state index contributed by atoms with van der Waals surface area (Å²) in [6.45, 7) is 3.54. The highest BCUT2D eigenvalue weighted by Crippen LogP contribution is 2.15. The fourth-order valence-electron chi connectivity index (χ4n) is 1.88. The van der Waals surface area contributed by atoms with Gasteiger partial charge < -0.3 is 10.1 Å². The van der Waals surface area contributed by atoms with Crippen LogP contribution in [0.2, 0.25) is 0 Å². The molecule has 0 saturated heterocycles. The number of nitrogens with zero attached hydrogens (tertiary/aromatic N) is 2. The fourth-order valence-corrected chi connectivity index (χ4v) is 1.88. The average Bonchev–Trinajstić information content (AvgIpc) is 2.53. The minimum absolute atomic E-state index is 0.428. The van der Waals surface area contributed by atoms with Crippen molar-refractivity contribution in [3.8, 4) is 11.8 Å². The average molecular weight is 281 g/mol. The maximum atomic E-state index is 8.64. The molecule has 4 nitrogen and oxygen atoms in total. The number of anilines is 1. The summed E-state index contributed by atoms with van der Waals surface area (Å²) in [5, 5.41) is 11.9. The van der Waals surface area contributed by atoms with Crippen LogP contribution in [0.15, 0.2) is 42.6 Å². The molecule has 4 heteroatoms. The quantitative estimate of drug-likeness (QED) is 0.843. The predicted octanol–water partition coefficient (Wildman–Crippen LogP) is 3.55. The zero-order valence-corrected chi connectivity index (χ0v) is 12.2. The third-order valence-corrected chi connectivity index (χ3v) is 2.99. The highest BCUT2D eigenvalue weighted by atomic mass is 16.5. The van der Waals surface area contributed by atoms with Crippen molar-refractivity contribution in [2.45, 2.75) is 26.4 Å². The molecule has 0 saturated carbocycles. The number of nitrogens with one attached hydrogen (secondary N) is 1. The molecule has 1 N–H and O–H groups in total. The van der Waals surface area contributed by atoms with Gasteiger partial charge in [-0.2, -0.15) is 5.26 Å². The number of nitriles is 1. The number of pyridine rings is 1. The first-order chi connectivity index (χ1) is 10.3. The molecule has 0 aliphatic rings. The highest BCUT2D eigenvalue weighted by Gasteiger charge is 1.99. The van der Waals surface area contributed by atoms with Crippen molar-refractivity contribution < 1.29 is 4.74 Å². The molecule has 0 radical (unpaired) electrons. The van der Waals surface area contributed by atoms with Crippen LogP contribution in [-0.2, 0) is 13.0 Å². The van der Waals surface area contributed by atoms with Gasteiger partial charge in [0.1, 0.15) is 18.2 Å². The van der Waals surface area contributed by atoms with Crippen LogP contribution in [0, 0.1) is 11.3 Å². The Balaban J connectivity index is 1.91. The summed E-state index contributed by atoms with van der Waals surface area (Å²) in [5.74, 6) is 1.68. The molecule has 0 atom stereocenters. The summed E-state index contributed by atoms with van der Waals surface area (Å²) in [5.41, 5.74) is 2.07. The molecule has 0 fully saturated rings. The summed E-state index contributed by atoms with van der Waals surface area (Å²) < 4.78 is 5.75. The maximum absolute atomic E-state index is 8.64. The van der Waals surface area contributed by atoms with Gasteiger partial charge in [0.25, 0.3) is 0 Å². The SMILES string of the molecule is CCCNc1cc(COc2ccc(CC#N)cc2)ccn1. The molecule has 0 amide bonds. The van der Waals surface area contributed by atoms with Gasteiger partial charge in [0, 0.05) is 12.7 Å². The van der Waals surface area contributed by atoms with E-state index in [2.05, 4.69) is 23.3 Å². The standard InChI is InChI=1S/C17H19N3O/c1-2-10-19-17-12-15(8-11-20-17)13-21-16-5-3-14(4-6-16)7-9-18/h3-6,8,11-12H,2,7,10,13H2,1H3,(H,19,20). The lowest BCUT2D eigenvalue weighted by Crippen LogP contribution is -2.03. The van der Waals surface area contributed by atoms with Crippen molar-refractivity contribution in [2.24, 2.45) is 0 Å². The zero-order valence-electron chi connectivity index (χ0n) is 12.2. The lowest BCUT2D eigenvalue weighted by Gasteiger charge is -2.09. The monoisotopic (exact) mass is 281 g/mol. The minimum atomic E-state index is 0.428. The van der Waals surface area contributed by atoms with E-state index >= 15 is 0 Å². The van der Waals surface area contributed by atoms with Gasteiger partial charge in [-0.1, -0.05) is 19.1 Å². The van der Waals surface area contributed by atoms with Crippen LogP contribution in [0.5, 0.6) is 5.75 Å². The molecule has 1 heterocycles. The van der Waals surface area contributed by atoms with Gasteiger partial charge in [-0.05, 0) is 41.8 Å². The van der Waals surface area contributed by atoms with Crippen molar-refractivity contribution in [3.05, 3.63) is 53.7 Å². The van der Waals surface area contributed by atoms with E-state index in [0.717, 1.165) is 35.7 Å². The Kier molecular flexibility index (Phi) is 5.60. The van der Waals surface area contributed by atoms with Gasteiger partial charge in [-0.3, -0.25) is 0 Å². The Bertz CT molecular complexity index is 602. The lowest BCUT2D eigenvalue weighted by molar-refractivity contribution is 0.306. The number of benzene rings is 1. The van der Waals surface area contributed by atoms with E-state index in [1.54, 1.807) is 6.20 Å². The second kappa shape index (κ2) is 7.91. The predicted molar refractivity (Wildman–Crippen MR) is 83.1 cm³/mol. The molecular formula is C17H19N3O. The first kappa shape index (κ1) is 14.9. The van der Waals surface area contributed by atoms with E-state index in [1.165, 1.54) is 0 Å². The van der Waals surface area contributed by atoms with Crippen LogP contribution < -0.4 is 10.1 Å². The Morgan fingerprint density at radius 3 is 2.71 bits per heavy atom. The first-order valence-electron chi connectivity index (χ1n) is 7.09. The van der Waals surface area contributed by atoms with Crippen LogP contribution in [0.4, 0.5) is 5.82 Å². The summed E-state index contributed by atoms with van der Waals surface area (Å²) in [4.78, 5) is 4.27. The molecule has 0 aliphatic carbocycles. The number of hydrogen-bond donors (Lipinski definition) is 1. The molecular weight excluding hydrogens is 262 g/mol.